The van der Waals surface area contributed by atoms with E-state index in [0.29, 0.717) is 15.9 Å². The van der Waals surface area contributed by atoms with Crippen LogP contribution in [0.2, 0.25) is 5.02 Å². The number of anilines is 1. The molecular formula is C35H34ClF4N3O4S. The highest BCUT2D eigenvalue weighted by atomic mass is 35.5. The number of hydrogen-bond acceptors (Lipinski definition) is 4. The summed E-state index contributed by atoms with van der Waals surface area (Å²) in [7, 11) is -4.66. The fourth-order valence-corrected chi connectivity index (χ4v) is 6.57. The smallest absolute Gasteiger partial charge is 0.354 e. The normalized spacial score (nSPS) is 12.4. The van der Waals surface area contributed by atoms with Crippen molar-refractivity contribution in [3.05, 3.63) is 131 Å². The van der Waals surface area contributed by atoms with Crippen LogP contribution in [0.1, 0.15) is 30.5 Å². The lowest BCUT2D eigenvalue weighted by Crippen LogP contribution is -2.53. The first-order valence-corrected chi connectivity index (χ1v) is 16.8. The third-order valence-corrected chi connectivity index (χ3v) is 9.53. The number of carbonyl (C=O) groups excluding carboxylic acids is 2. The molecule has 0 aliphatic heterocycles. The molecule has 0 saturated heterocycles. The van der Waals surface area contributed by atoms with Crippen LogP contribution in [0.15, 0.2) is 108 Å². The van der Waals surface area contributed by atoms with Gasteiger partial charge in [-0.05, 0) is 47.9 Å². The zero-order valence-corrected chi connectivity index (χ0v) is 27.7. The Morgan fingerprint density at radius 1 is 0.875 bits per heavy atom. The van der Waals surface area contributed by atoms with Crippen LogP contribution in [-0.2, 0) is 38.8 Å². The molecule has 1 N–H and O–H groups in total. The molecule has 1 atom stereocenters. The van der Waals surface area contributed by atoms with E-state index in [1.807, 2.05) is 13.8 Å². The molecular weight excluding hydrogens is 670 g/mol. The molecule has 48 heavy (non-hydrogen) atoms. The first kappa shape index (κ1) is 36.4. The standard InChI is InChI=1S/C35H34ClF4N3O4S/c1-24(2)21-41-34(45)32(19-25-11-5-3-6-12-25)42(22-26-13-9-10-16-31(26)37)33(44)23-43(48(46,47)28-14-7-4-8-15-28)27-17-18-30(36)29(20-27)35(38,39)40/h3-18,20,24,32H,19,21-23H2,1-2H3,(H,41,45)/t32-/m0/s1. The lowest BCUT2D eigenvalue weighted by molar-refractivity contribution is -0.140. The quantitative estimate of drug-likeness (QED) is 0.151. The summed E-state index contributed by atoms with van der Waals surface area (Å²) in [6, 6.07) is 22.5. The van der Waals surface area contributed by atoms with E-state index in [0.717, 1.165) is 17.0 Å². The zero-order chi connectivity index (χ0) is 35.1. The lowest BCUT2D eigenvalue weighted by atomic mass is 10.0. The zero-order valence-electron chi connectivity index (χ0n) is 26.1. The molecule has 0 aliphatic carbocycles. The van der Waals surface area contributed by atoms with E-state index in [4.69, 9.17) is 11.6 Å². The maximum atomic E-state index is 15.0. The summed E-state index contributed by atoms with van der Waals surface area (Å²) in [5.74, 6) is -2.15. The number of hydrogen-bond donors (Lipinski definition) is 1. The average Bonchev–Trinajstić information content (AvgIpc) is 3.05. The van der Waals surface area contributed by atoms with Crippen molar-refractivity contribution in [1.82, 2.24) is 10.2 Å². The molecule has 2 amide bonds. The van der Waals surface area contributed by atoms with Crippen LogP contribution in [-0.4, -0.2) is 44.3 Å². The van der Waals surface area contributed by atoms with Gasteiger partial charge in [0.1, 0.15) is 18.4 Å². The van der Waals surface area contributed by atoms with Gasteiger partial charge in [0.15, 0.2) is 0 Å². The molecule has 0 aromatic heterocycles. The minimum Gasteiger partial charge on any atom is -0.354 e. The Kier molecular flexibility index (Phi) is 11.9. The van der Waals surface area contributed by atoms with E-state index < -0.39 is 69.2 Å². The molecule has 0 bridgehead atoms. The summed E-state index contributed by atoms with van der Waals surface area (Å²) in [6.07, 6.45) is -4.96. The van der Waals surface area contributed by atoms with E-state index in [-0.39, 0.29) is 29.3 Å². The number of benzene rings is 4. The van der Waals surface area contributed by atoms with Gasteiger partial charge in [-0.2, -0.15) is 13.2 Å². The first-order chi connectivity index (χ1) is 22.7. The fourth-order valence-electron chi connectivity index (χ4n) is 4.92. The average molecular weight is 704 g/mol. The fraction of sp³-hybridized carbons (Fsp3) is 0.257. The topological polar surface area (TPSA) is 86.8 Å². The van der Waals surface area contributed by atoms with Crippen molar-refractivity contribution in [2.75, 3.05) is 17.4 Å². The van der Waals surface area contributed by atoms with Crippen LogP contribution in [0.5, 0.6) is 0 Å². The molecule has 0 spiro atoms. The van der Waals surface area contributed by atoms with Crippen LogP contribution in [0, 0.1) is 11.7 Å². The van der Waals surface area contributed by atoms with E-state index in [9.17, 15) is 31.2 Å². The number of amides is 2. The minimum atomic E-state index is -4.94. The van der Waals surface area contributed by atoms with Crippen LogP contribution >= 0.6 is 11.6 Å². The van der Waals surface area contributed by atoms with Crippen LogP contribution in [0.4, 0.5) is 23.2 Å². The Labute approximate surface area is 282 Å². The van der Waals surface area contributed by atoms with Crippen LogP contribution in [0.25, 0.3) is 0 Å². The molecule has 0 saturated carbocycles. The number of sulfonamides is 1. The van der Waals surface area contributed by atoms with E-state index in [1.165, 1.54) is 42.5 Å². The largest absolute Gasteiger partial charge is 0.417 e. The van der Waals surface area contributed by atoms with Crippen molar-refractivity contribution < 1.29 is 35.6 Å². The van der Waals surface area contributed by atoms with Gasteiger partial charge in [-0.3, -0.25) is 13.9 Å². The predicted octanol–water partition coefficient (Wildman–Crippen LogP) is 7.11. The Balaban J connectivity index is 1.86. The van der Waals surface area contributed by atoms with Gasteiger partial charge in [0.05, 0.1) is 21.2 Å². The van der Waals surface area contributed by atoms with Gasteiger partial charge in [0.25, 0.3) is 10.0 Å². The molecule has 0 unspecified atom stereocenters. The molecule has 4 aromatic carbocycles. The van der Waals surface area contributed by atoms with Gasteiger partial charge < -0.3 is 10.2 Å². The highest BCUT2D eigenvalue weighted by Gasteiger charge is 2.38. The number of halogens is 5. The third kappa shape index (κ3) is 9.13. The number of nitrogens with zero attached hydrogens (tertiary/aromatic N) is 2. The van der Waals surface area contributed by atoms with Crippen molar-refractivity contribution in [3.63, 3.8) is 0 Å². The molecule has 4 aromatic rings. The Bertz CT molecular complexity index is 1820. The van der Waals surface area contributed by atoms with E-state index in [2.05, 4.69) is 5.32 Å². The van der Waals surface area contributed by atoms with Gasteiger partial charge in [0.2, 0.25) is 11.8 Å². The molecule has 13 heteroatoms. The minimum absolute atomic E-state index is 0.0183. The summed E-state index contributed by atoms with van der Waals surface area (Å²) in [4.78, 5) is 29.0. The predicted molar refractivity (Wildman–Crippen MR) is 176 cm³/mol. The monoisotopic (exact) mass is 703 g/mol. The van der Waals surface area contributed by atoms with Gasteiger partial charge in [-0.25, -0.2) is 12.8 Å². The van der Waals surface area contributed by atoms with Crippen molar-refractivity contribution in [1.29, 1.82) is 0 Å². The van der Waals surface area contributed by atoms with Gasteiger partial charge in [0, 0.05) is 25.1 Å². The van der Waals surface area contributed by atoms with Gasteiger partial charge in [-0.15, -0.1) is 0 Å². The highest BCUT2D eigenvalue weighted by molar-refractivity contribution is 7.92. The molecule has 0 aliphatic rings. The van der Waals surface area contributed by atoms with E-state index >= 15 is 4.39 Å². The van der Waals surface area contributed by atoms with Crippen LogP contribution < -0.4 is 9.62 Å². The van der Waals surface area contributed by atoms with Crippen molar-refractivity contribution in [2.24, 2.45) is 5.92 Å². The molecule has 0 radical (unpaired) electrons. The second kappa shape index (κ2) is 15.7. The highest BCUT2D eigenvalue weighted by Crippen LogP contribution is 2.38. The number of alkyl halides is 3. The second-order valence-corrected chi connectivity index (χ2v) is 13.7. The maximum Gasteiger partial charge on any atom is 0.417 e. The van der Waals surface area contributed by atoms with E-state index in [1.54, 1.807) is 42.5 Å². The van der Waals surface area contributed by atoms with Crippen LogP contribution in [0.3, 0.4) is 0 Å². The summed E-state index contributed by atoms with van der Waals surface area (Å²) in [5, 5.41) is 2.15. The summed E-state index contributed by atoms with van der Waals surface area (Å²) in [5.41, 5.74) is -1.09. The van der Waals surface area contributed by atoms with Gasteiger partial charge >= 0.3 is 6.18 Å². The lowest BCUT2D eigenvalue weighted by Gasteiger charge is -2.34. The Morgan fingerprint density at radius 3 is 2.08 bits per heavy atom. The Morgan fingerprint density at radius 2 is 1.48 bits per heavy atom. The molecule has 0 heterocycles. The summed E-state index contributed by atoms with van der Waals surface area (Å²) < 4.78 is 85.3. The molecule has 0 fully saturated rings. The molecule has 7 nitrogen and oxygen atoms in total. The van der Waals surface area contributed by atoms with Gasteiger partial charge in [-0.1, -0.05) is 92.2 Å². The van der Waals surface area contributed by atoms with Crippen molar-refractivity contribution in [3.8, 4) is 0 Å². The number of rotatable bonds is 13. The van der Waals surface area contributed by atoms with Crippen molar-refractivity contribution in [2.45, 2.75) is 43.9 Å². The number of carbonyl (C=O) groups is 2. The van der Waals surface area contributed by atoms with Crippen molar-refractivity contribution >= 4 is 39.1 Å². The molecule has 254 valence electrons. The third-order valence-electron chi connectivity index (χ3n) is 7.41. The second-order valence-electron chi connectivity index (χ2n) is 11.4. The number of nitrogens with one attached hydrogen (secondary N) is 1. The first-order valence-electron chi connectivity index (χ1n) is 15.0. The Hall–Kier alpha value is -4.42. The summed E-state index contributed by atoms with van der Waals surface area (Å²) in [6.45, 7) is 2.55. The SMILES string of the molecule is CC(C)CNC(=O)[C@H](Cc1ccccc1)N(Cc1ccccc1F)C(=O)CN(c1ccc(Cl)c(C(F)(F)F)c1)S(=O)(=O)c1ccccc1. The maximum absolute atomic E-state index is 15.0. The molecule has 4 rings (SSSR count). The summed E-state index contributed by atoms with van der Waals surface area (Å²) >= 11 is 5.84.